The highest BCUT2D eigenvalue weighted by Gasteiger charge is 2.25. The molecular formula is C17H15BrN2. The van der Waals surface area contributed by atoms with Gasteiger partial charge in [0.15, 0.2) is 5.84 Å². The molecule has 0 spiro atoms. The van der Waals surface area contributed by atoms with Crippen molar-refractivity contribution < 1.29 is 0 Å². The number of amidine groups is 1. The molecule has 3 heteroatoms. The minimum Gasteiger partial charge on any atom is -0.251 e. The van der Waals surface area contributed by atoms with Crippen molar-refractivity contribution in [3.05, 3.63) is 71.8 Å². The van der Waals surface area contributed by atoms with Crippen molar-refractivity contribution in [2.75, 3.05) is 0 Å². The lowest BCUT2D eigenvalue weighted by molar-refractivity contribution is 0.735. The van der Waals surface area contributed by atoms with Gasteiger partial charge in [0.2, 0.25) is 0 Å². The van der Waals surface area contributed by atoms with Crippen molar-refractivity contribution in [3.8, 4) is 0 Å². The number of aliphatic imine (C=N–C) groups is 2. The van der Waals surface area contributed by atoms with Crippen molar-refractivity contribution in [1.29, 1.82) is 0 Å². The number of hydrogen-bond donors (Lipinski definition) is 0. The van der Waals surface area contributed by atoms with Gasteiger partial charge in [0.05, 0.1) is 5.71 Å². The highest BCUT2D eigenvalue weighted by Crippen LogP contribution is 2.25. The molecule has 2 aromatic rings. The molecule has 1 aliphatic heterocycles. The highest BCUT2D eigenvalue weighted by molar-refractivity contribution is 9.09. The van der Waals surface area contributed by atoms with E-state index >= 15 is 0 Å². The molecule has 0 saturated heterocycles. The fourth-order valence-corrected chi connectivity index (χ4v) is 2.71. The summed E-state index contributed by atoms with van der Waals surface area (Å²) >= 11 is 3.66. The van der Waals surface area contributed by atoms with Crippen LogP contribution in [0.5, 0.6) is 0 Å². The van der Waals surface area contributed by atoms with Crippen LogP contribution in [-0.4, -0.2) is 16.5 Å². The van der Waals surface area contributed by atoms with Crippen LogP contribution in [0.3, 0.4) is 0 Å². The first kappa shape index (κ1) is 13.3. The summed E-state index contributed by atoms with van der Waals surface area (Å²) in [6, 6.07) is 20.4. The van der Waals surface area contributed by atoms with Crippen LogP contribution in [0, 0.1) is 5.92 Å². The van der Waals surface area contributed by atoms with E-state index in [1.54, 1.807) is 0 Å². The van der Waals surface area contributed by atoms with Crippen LogP contribution < -0.4 is 0 Å². The molecule has 0 amide bonds. The molecule has 2 aromatic carbocycles. The average molecular weight is 327 g/mol. The van der Waals surface area contributed by atoms with Gasteiger partial charge in [-0.1, -0.05) is 83.5 Å². The Labute approximate surface area is 127 Å². The van der Waals surface area contributed by atoms with Crippen LogP contribution >= 0.6 is 15.9 Å². The van der Waals surface area contributed by atoms with Gasteiger partial charge >= 0.3 is 0 Å². The third kappa shape index (κ3) is 2.59. The molecule has 0 aromatic heterocycles. The lowest BCUT2D eigenvalue weighted by atomic mass is 9.96. The summed E-state index contributed by atoms with van der Waals surface area (Å²) in [5, 5.41) is 0. The van der Waals surface area contributed by atoms with Gasteiger partial charge in [-0.25, -0.2) is 4.99 Å². The Bertz CT molecular complexity index is 647. The van der Waals surface area contributed by atoms with Crippen molar-refractivity contribution in [2.24, 2.45) is 15.9 Å². The van der Waals surface area contributed by atoms with Gasteiger partial charge in [-0.2, -0.15) is 0 Å². The number of benzene rings is 2. The van der Waals surface area contributed by atoms with Crippen LogP contribution in [0.15, 0.2) is 70.6 Å². The van der Waals surface area contributed by atoms with E-state index in [4.69, 9.17) is 4.99 Å². The Hall–Kier alpha value is -1.74. The zero-order valence-corrected chi connectivity index (χ0v) is 12.8. The highest BCUT2D eigenvalue weighted by atomic mass is 79.9. The topological polar surface area (TPSA) is 24.7 Å². The zero-order valence-electron chi connectivity index (χ0n) is 11.2. The smallest absolute Gasteiger partial charge is 0.155 e. The second kappa shape index (κ2) is 5.71. The molecule has 0 radical (unpaired) electrons. The van der Waals surface area contributed by atoms with Gasteiger partial charge in [-0.05, 0) is 5.56 Å². The molecule has 3 rings (SSSR count). The first-order valence-corrected chi connectivity index (χ1v) is 7.58. The summed E-state index contributed by atoms with van der Waals surface area (Å²) in [6.45, 7) is 2.15. The Morgan fingerprint density at radius 2 is 1.40 bits per heavy atom. The third-order valence-electron chi connectivity index (χ3n) is 3.42. The van der Waals surface area contributed by atoms with Gasteiger partial charge in [-0.3, -0.25) is 4.99 Å². The fraction of sp³-hybridized carbons (Fsp3) is 0.176. The van der Waals surface area contributed by atoms with Crippen molar-refractivity contribution in [2.45, 2.75) is 11.9 Å². The van der Waals surface area contributed by atoms with Gasteiger partial charge < -0.3 is 0 Å². The zero-order chi connectivity index (χ0) is 13.9. The van der Waals surface area contributed by atoms with Gasteiger partial charge in [0, 0.05) is 11.5 Å². The first-order valence-electron chi connectivity index (χ1n) is 6.67. The standard InChI is InChI=1S/C17H15BrN2/c1-12-15(13-8-4-2-5-9-13)19-17(20-16(12)18)14-10-6-3-7-11-14/h2-12,16H,1H3. The van der Waals surface area contributed by atoms with E-state index in [0.29, 0.717) is 0 Å². The normalized spacial score (nSPS) is 22.1. The quantitative estimate of drug-likeness (QED) is 0.581. The van der Waals surface area contributed by atoms with Crippen LogP contribution in [-0.2, 0) is 0 Å². The third-order valence-corrected chi connectivity index (χ3v) is 4.42. The molecule has 1 heterocycles. The maximum Gasteiger partial charge on any atom is 0.155 e. The predicted octanol–water partition coefficient (Wildman–Crippen LogP) is 4.29. The Morgan fingerprint density at radius 3 is 2.00 bits per heavy atom. The molecule has 2 atom stereocenters. The molecule has 2 nitrogen and oxygen atoms in total. The van der Waals surface area contributed by atoms with E-state index in [9.17, 15) is 0 Å². The second-order valence-corrected chi connectivity index (χ2v) is 5.78. The predicted molar refractivity (Wildman–Crippen MR) is 87.8 cm³/mol. The summed E-state index contributed by atoms with van der Waals surface area (Å²) < 4.78 is 0. The summed E-state index contributed by atoms with van der Waals surface area (Å²) in [5.74, 6) is 1.05. The van der Waals surface area contributed by atoms with E-state index in [-0.39, 0.29) is 10.9 Å². The number of hydrogen-bond acceptors (Lipinski definition) is 2. The van der Waals surface area contributed by atoms with Crippen LogP contribution in [0.2, 0.25) is 0 Å². The fourth-order valence-electron chi connectivity index (χ4n) is 2.27. The SMILES string of the molecule is CC1C(c2ccccc2)=NC(c2ccccc2)=NC1Br. The Morgan fingerprint density at radius 1 is 0.850 bits per heavy atom. The second-order valence-electron chi connectivity index (χ2n) is 4.84. The largest absolute Gasteiger partial charge is 0.251 e. The molecule has 0 bridgehead atoms. The molecule has 0 fully saturated rings. The maximum absolute atomic E-state index is 4.79. The Balaban J connectivity index is 2.05. The van der Waals surface area contributed by atoms with E-state index in [0.717, 1.165) is 22.7 Å². The van der Waals surface area contributed by atoms with Crippen molar-refractivity contribution >= 4 is 27.5 Å². The molecule has 20 heavy (non-hydrogen) atoms. The van der Waals surface area contributed by atoms with Gasteiger partial charge in [-0.15, -0.1) is 0 Å². The van der Waals surface area contributed by atoms with E-state index in [2.05, 4.69) is 40.0 Å². The molecule has 100 valence electrons. The summed E-state index contributed by atoms with van der Waals surface area (Å²) in [5.41, 5.74) is 3.30. The van der Waals surface area contributed by atoms with E-state index < -0.39 is 0 Å². The average Bonchev–Trinajstić information content (AvgIpc) is 2.51. The van der Waals surface area contributed by atoms with Gasteiger partial charge in [0.1, 0.15) is 4.95 Å². The van der Waals surface area contributed by atoms with Gasteiger partial charge in [0.25, 0.3) is 0 Å². The van der Waals surface area contributed by atoms with Crippen LogP contribution in [0.1, 0.15) is 18.1 Å². The Kier molecular flexibility index (Phi) is 3.79. The number of halogens is 1. The monoisotopic (exact) mass is 326 g/mol. The van der Waals surface area contributed by atoms with E-state index in [1.807, 2.05) is 48.5 Å². The lowest BCUT2D eigenvalue weighted by Gasteiger charge is -2.23. The van der Waals surface area contributed by atoms with Crippen molar-refractivity contribution in [1.82, 2.24) is 0 Å². The summed E-state index contributed by atoms with van der Waals surface area (Å²) in [6.07, 6.45) is 0. The molecule has 0 saturated carbocycles. The summed E-state index contributed by atoms with van der Waals surface area (Å²) in [7, 11) is 0. The number of nitrogens with zero attached hydrogens (tertiary/aromatic N) is 2. The number of rotatable bonds is 2. The minimum atomic E-state index is 0.0606. The van der Waals surface area contributed by atoms with Crippen LogP contribution in [0.4, 0.5) is 0 Å². The van der Waals surface area contributed by atoms with Crippen molar-refractivity contribution in [3.63, 3.8) is 0 Å². The molecule has 0 aliphatic carbocycles. The van der Waals surface area contributed by atoms with Crippen LogP contribution in [0.25, 0.3) is 0 Å². The lowest BCUT2D eigenvalue weighted by Crippen LogP contribution is -2.27. The minimum absolute atomic E-state index is 0.0606. The molecule has 0 N–H and O–H groups in total. The maximum atomic E-state index is 4.79. The van der Waals surface area contributed by atoms with E-state index in [1.165, 1.54) is 0 Å². The summed E-state index contributed by atoms with van der Waals surface area (Å²) in [4.78, 5) is 9.51. The first-order chi connectivity index (χ1) is 9.75. The molecule has 1 aliphatic rings. The number of alkyl halides is 1. The molecular weight excluding hydrogens is 312 g/mol. The molecule has 2 unspecified atom stereocenters.